The van der Waals surface area contributed by atoms with Crippen molar-refractivity contribution in [1.82, 2.24) is 0 Å². The van der Waals surface area contributed by atoms with Crippen molar-refractivity contribution < 1.29 is 28.6 Å². The quantitative estimate of drug-likeness (QED) is 0.732. The molecule has 3 aromatic rings. The third kappa shape index (κ3) is 2.89. The van der Waals surface area contributed by atoms with E-state index in [1.165, 1.54) is 42.7 Å². The molecule has 25 heavy (non-hydrogen) atoms. The zero-order chi connectivity index (χ0) is 18.1. The second-order valence-corrected chi connectivity index (χ2v) is 5.46. The van der Waals surface area contributed by atoms with Crippen LogP contribution in [0, 0.1) is 12.7 Å². The van der Waals surface area contributed by atoms with Gasteiger partial charge in [-0.3, -0.25) is 0 Å². The van der Waals surface area contributed by atoms with Crippen molar-refractivity contribution in [2.24, 2.45) is 0 Å². The van der Waals surface area contributed by atoms with Gasteiger partial charge in [-0.2, -0.15) is 0 Å². The average molecular weight is 340 g/mol. The van der Waals surface area contributed by atoms with Crippen LogP contribution < -0.4 is 0 Å². The Hall–Kier alpha value is -3.41. The van der Waals surface area contributed by atoms with Crippen molar-refractivity contribution in [3.05, 3.63) is 71.2 Å². The molecular formula is C19H13FO5. The van der Waals surface area contributed by atoms with E-state index in [-0.39, 0.29) is 22.5 Å². The maximum Gasteiger partial charge on any atom is 0.337 e. The van der Waals surface area contributed by atoms with Gasteiger partial charge < -0.3 is 14.6 Å². The molecule has 0 aliphatic carbocycles. The number of hydrogen-bond acceptors (Lipinski definition) is 3. The maximum absolute atomic E-state index is 13.2. The Morgan fingerprint density at radius 2 is 1.64 bits per heavy atom. The fourth-order valence-electron chi connectivity index (χ4n) is 2.84. The molecule has 0 spiro atoms. The van der Waals surface area contributed by atoms with E-state index >= 15 is 0 Å². The van der Waals surface area contributed by atoms with Crippen LogP contribution in [0.25, 0.3) is 22.5 Å². The number of halogens is 1. The van der Waals surface area contributed by atoms with Gasteiger partial charge in [0, 0.05) is 5.56 Å². The molecule has 5 nitrogen and oxygen atoms in total. The lowest BCUT2D eigenvalue weighted by Crippen LogP contribution is -2.11. The standard InChI is InChI=1S/C19H13FO5/c1-10-9-13(11-4-6-12(20)7-5-11)16(19(23)24)17(15(10)18(21)22)14-3-2-8-25-14/h2-9H,1H3,(H,21,22)(H,23,24). The van der Waals surface area contributed by atoms with Crippen molar-refractivity contribution in [3.63, 3.8) is 0 Å². The minimum absolute atomic E-state index is 0.00988. The fraction of sp³-hybridized carbons (Fsp3) is 0.0526. The largest absolute Gasteiger partial charge is 0.478 e. The van der Waals surface area contributed by atoms with Crippen LogP contribution in [0.3, 0.4) is 0 Å². The molecule has 0 saturated heterocycles. The zero-order valence-electron chi connectivity index (χ0n) is 13.1. The number of aromatic carboxylic acids is 2. The topological polar surface area (TPSA) is 87.7 Å². The van der Waals surface area contributed by atoms with Crippen LogP contribution in [0.4, 0.5) is 4.39 Å². The molecule has 0 amide bonds. The summed E-state index contributed by atoms with van der Waals surface area (Å²) in [6.07, 6.45) is 1.34. The van der Waals surface area contributed by atoms with Crippen molar-refractivity contribution in [3.8, 4) is 22.5 Å². The molecule has 0 saturated carbocycles. The summed E-state index contributed by atoms with van der Waals surface area (Å²) < 4.78 is 18.5. The summed E-state index contributed by atoms with van der Waals surface area (Å²) in [5.74, 6) is -2.86. The van der Waals surface area contributed by atoms with Crippen molar-refractivity contribution in [2.45, 2.75) is 6.92 Å². The molecule has 0 unspecified atom stereocenters. The Kier molecular flexibility index (Phi) is 4.10. The molecule has 0 bridgehead atoms. The summed E-state index contributed by atoms with van der Waals surface area (Å²) >= 11 is 0. The van der Waals surface area contributed by atoms with Crippen LogP contribution in [0.5, 0.6) is 0 Å². The van der Waals surface area contributed by atoms with Gasteiger partial charge in [-0.1, -0.05) is 12.1 Å². The normalized spacial score (nSPS) is 10.6. The van der Waals surface area contributed by atoms with E-state index in [0.29, 0.717) is 16.7 Å². The predicted molar refractivity (Wildman–Crippen MR) is 88.2 cm³/mol. The molecule has 2 N–H and O–H groups in total. The predicted octanol–water partition coefficient (Wildman–Crippen LogP) is 4.46. The van der Waals surface area contributed by atoms with Crippen LogP contribution in [-0.2, 0) is 0 Å². The summed E-state index contributed by atoms with van der Waals surface area (Å²) in [7, 11) is 0. The van der Waals surface area contributed by atoms with Crippen LogP contribution in [-0.4, -0.2) is 22.2 Å². The number of carboxylic acid groups (broad SMARTS) is 2. The van der Waals surface area contributed by atoms with Crippen LogP contribution in [0.15, 0.2) is 53.1 Å². The van der Waals surface area contributed by atoms with E-state index < -0.39 is 17.8 Å². The van der Waals surface area contributed by atoms with E-state index in [9.17, 15) is 24.2 Å². The van der Waals surface area contributed by atoms with Crippen molar-refractivity contribution in [2.75, 3.05) is 0 Å². The Labute approximate surface area is 142 Å². The molecule has 0 fully saturated rings. The first kappa shape index (κ1) is 16.4. The lowest BCUT2D eigenvalue weighted by molar-refractivity contribution is 0.0695. The van der Waals surface area contributed by atoms with Gasteiger partial charge in [0.2, 0.25) is 0 Å². The molecular weight excluding hydrogens is 327 g/mol. The lowest BCUT2D eigenvalue weighted by atomic mass is 9.87. The minimum atomic E-state index is -1.30. The van der Waals surface area contributed by atoms with E-state index in [2.05, 4.69) is 0 Å². The number of benzene rings is 2. The Bertz CT molecular complexity index is 956. The molecule has 0 aliphatic heterocycles. The van der Waals surface area contributed by atoms with Crippen LogP contribution >= 0.6 is 0 Å². The van der Waals surface area contributed by atoms with E-state index in [4.69, 9.17) is 4.42 Å². The molecule has 6 heteroatoms. The second kappa shape index (κ2) is 6.24. The highest BCUT2D eigenvalue weighted by Gasteiger charge is 2.27. The van der Waals surface area contributed by atoms with Gasteiger partial charge >= 0.3 is 11.9 Å². The molecule has 0 aliphatic rings. The number of carboxylic acids is 2. The summed E-state index contributed by atoms with van der Waals surface area (Å²) in [5.41, 5.74) is 0.781. The summed E-state index contributed by atoms with van der Waals surface area (Å²) in [4.78, 5) is 23.7. The molecule has 126 valence electrons. The van der Waals surface area contributed by atoms with Gasteiger partial charge in [0.15, 0.2) is 0 Å². The Morgan fingerprint density at radius 1 is 1.00 bits per heavy atom. The molecule has 3 rings (SSSR count). The number of furan rings is 1. The summed E-state index contributed by atoms with van der Waals surface area (Å²) in [6.45, 7) is 1.58. The third-order valence-corrected chi connectivity index (χ3v) is 3.88. The zero-order valence-corrected chi connectivity index (χ0v) is 13.1. The highest BCUT2D eigenvalue weighted by atomic mass is 19.1. The molecule has 2 aromatic carbocycles. The van der Waals surface area contributed by atoms with Crippen LogP contribution in [0.1, 0.15) is 26.3 Å². The third-order valence-electron chi connectivity index (χ3n) is 3.88. The Morgan fingerprint density at radius 3 is 2.16 bits per heavy atom. The highest BCUT2D eigenvalue weighted by Crippen LogP contribution is 2.37. The van der Waals surface area contributed by atoms with Gasteiger partial charge in [0.05, 0.1) is 17.4 Å². The minimum Gasteiger partial charge on any atom is -0.478 e. The molecule has 1 aromatic heterocycles. The SMILES string of the molecule is Cc1cc(-c2ccc(F)cc2)c(C(=O)O)c(-c2ccco2)c1C(=O)O. The number of carbonyl (C=O) groups is 2. The van der Waals surface area contributed by atoms with Crippen molar-refractivity contribution >= 4 is 11.9 Å². The smallest absolute Gasteiger partial charge is 0.337 e. The maximum atomic E-state index is 13.2. The van der Waals surface area contributed by atoms with Gasteiger partial charge in [0.25, 0.3) is 0 Å². The van der Waals surface area contributed by atoms with E-state index in [1.54, 1.807) is 13.0 Å². The highest BCUT2D eigenvalue weighted by molar-refractivity contribution is 6.09. The second-order valence-electron chi connectivity index (χ2n) is 5.46. The molecule has 1 heterocycles. The van der Waals surface area contributed by atoms with Gasteiger partial charge in [-0.15, -0.1) is 0 Å². The number of aryl methyl sites for hydroxylation is 1. The van der Waals surface area contributed by atoms with Crippen molar-refractivity contribution in [1.29, 1.82) is 0 Å². The summed E-state index contributed by atoms with van der Waals surface area (Å²) in [5, 5.41) is 19.3. The van der Waals surface area contributed by atoms with E-state index in [0.717, 1.165) is 0 Å². The van der Waals surface area contributed by atoms with E-state index in [1.807, 2.05) is 0 Å². The average Bonchev–Trinajstić information content (AvgIpc) is 3.08. The number of hydrogen-bond donors (Lipinski definition) is 2. The Balaban J connectivity index is 2.43. The fourth-order valence-corrected chi connectivity index (χ4v) is 2.84. The first-order valence-electron chi connectivity index (χ1n) is 7.34. The first-order valence-corrected chi connectivity index (χ1v) is 7.34. The first-order chi connectivity index (χ1) is 11.9. The number of rotatable bonds is 4. The van der Waals surface area contributed by atoms with Gasteiger partial charge in [0.1, 0.15) is 11.6 Å². The van der Waals surface area contributed by atoms with Gasteiger partial charge in [-0.05, 0) is 53.9 Å². The molecule has 0 atom stereocenters. The van der Waals surface area contributed by atoms with Gasteiger partial charge in [-0.25, -0.2) is 14.0 Å². The lowest BCUT2D eigenvalue weighted by Gasteiger charge is -2.16. The van der Waals surface area contributed by atoms with Crippen LogP contribution in [0.2, 0.25) is 0 Å². The molecule has 0 radical (unpaired) electrons. The monoisotopic (exact) mass is 340 g/mol. The summed E-state index contributed by atoms with van der Waals surface area (Å²) in [6, 6.07) is 9.86.